The summed E-state index contributed by atoms with van der Waals surface area (Å²) in [6.07, 6.45) is 0.625. The maximum atomic E-state index is 12.0. The second-order valence-electron chi connectivity index (χ2n) is 4.58. The number of benzene rings is 2. The molecule has 3 rings (SSSR count). The van der Waals surface area contributed by atoms with E-state index in [4.69, 9.17) is 23.2 Å². The van der Waals surface area contributed by atoms with E-state index >= 15 is 0 Å². The third kappa shape index (κ3) is 2.34. The van der Waals surface area contributed by atoms with E-state index in [0.29, 0.717) is 16.5 Å². The summed E-state index contributed by atoms with van der Waals surface area (Å²) in [5, 5.41) is 3.94. The number of para-hydroxylation sites is 1. The first-order valence-corrected chi connectivity index (χ1v) is 6.74. The summed E-state index contributed by atoms with van der Waals surface area (Å²) in [6.45, 7) is 0. The summed E-state index contributed by atoms with van der Waals surface area (Å²) >= 11 is 11.9. The molecule has 2 aromatic carbocycles. The summed E-state index contributed by atoms with van der Waals surface area (Å²) in [6, 6.07) is 13.2. The van der Waals surface area contributed by atoms with Crippen LogP contribution in [0.25, 0.3) is 0 Å². The molecule has 2 aromatic rings. The van der Waals surface area contributed by atoms with E-state index in [0.717, 1.165) is 16.8 Å². The Balaban J connectivity index is 1.91. The molecule has 1 amide bonds. The van der Waals surface area contributed by atoms with Crippen LogP contribution in [-0.2, 0) is 11.2 Å². The van der Waals surface area contributed by atoms with Crippen molar-refractivity contribution in [2.75, 3.05) is 5.32 Å². The molecule has 0 unspecified atom stereocenters. The number of nitrogens with one attached hydrogen (secondary N) is 1. The van der Waals surface area contributed by atoms with E-state index in [-0.39, 0.29) is 11.8 Å². The normalized spacial score (nSPS) is 17.2. The molecule has 0 bridgehead atoms. The summed E-state index contributed by atoms with van der Waals surface area (Å²) in [5.41, 5.74) is 2.95. The van der Waals surface area contributed by atoms with Crippen molar-refractivity contribution < 1.29 is 4.79 Å². The fourth-order valence-corrected chi connectivity index (χ4v) is 2.70. The third-order valence-corrected chi connectivity index (χ3v) is 4.07. The number of halogens is 2. The lowest BCUT2D eigenvalue weighted by molar-refractivity contribution is -0.117. The maximum absolute atomic E-state index is 12.0. The number of hydrogen-bond acceptors (Lipinski definition) is 1. The molecule has 1 N–H and O–H groups in total. The zero-order valence-electron chi connectivity index (χ0n) is 9.99. The molecule has 96 valence electrons. The molecule has 1 heterocycles. The minimum absolute atomic E-state index is 0.0345. The van der Waals surface area contributed by atoms with Gasteiger partial charge in [-0.15, -0.1) is 0 Å². The van der Waals surface area contributed by atoms with Gasteiger partial charge in [0.2, 0.25) is 5.91 Å². The monoisotopic (exact) mass is 291 g/mol. The fourth-order valence-electron chi connectivity index (χ4n) is 2.38. The van der Waals surface area contributed by atoms with Crippen LogP contribution in [0.5, 0.6) is 0 Å². The van der Waals surface area contributed by atoms with Gasteiger partial charge in [0, 0.05) is 5.69 Å². The molecule has 0 aromatic heterocycles. The number of fused-ring (bicyclic) bond motifs is 1. The molecule has 1 aliphatic rings. The quantitative estimate of drug-likeness (QED) is 0.879. The highest BCUT2D eigenvalue weighted by molar-refractivity contribution is 6.42. The highest BCUT2D eigenvalue weighted by atomic mass is 35.5. The first-order valence-electron chi connectivity index (χ1n) is 5.99. The maximum Gasteiger partial charge on any atom is 0.232 e. The van der Waals surface area contributed by atoms with Gasteiger partial charge in [-0.3, -0.25) is 4.79 Å². The first-order chi connectivity index (χ1) is 9.15. The Morgan fingerprint density at radius 3 is 2.63 bits per heavy atom. The first kappa shape index (κ1) is 12.5. The molecule has 0 saturated carbocycles. The number of carbonyl (C=O) groups excluding carboxylic acids is 1. The van der Waals surface area contributed by atoms with Crippen LogP contribution in [0.15, 0.2) is 42.5 Å². The van der Waals surface area contributed by atoms with Gasteiger partial charge in [-0.1, -0.05) is 47.5 Å². The van der Waals surface area contributed by atoms with Crippen molar-refractivity contribution >= 4 is 34.8 Å². The summed E-state index contributed by atoms with van der Waals surface area (Å²) in [4.78, 5) is 12.0. The van der Waals surface area contributed by atoms with Crippen LogP contribution in [0.4, 0.5) is 5.69 Å². The molecule has 0 spiro atoms. The van der Waals surface area contributed by atoms with Crippen molar-refractivity contribution in [1.82, 2.24) is 0 Å². The van der Waals surface area contributed by atoms with Crippen molar-refractivity contribution in [3.8, 4) is 0 Å². The molecular formula is C15H11Cl2NO. The van der Waals surface area contributed by atoms with Gasteiger partial charge in [0.15, 0.2) is 0 Å². The van der Waals surface area contributed by atoms with E-state index in [1.54, 1.807) is 6.07 Å². The minimum Gasteiger partial charge on any atom is -0.325 e. The summed E-state index contributed by atoms with van der Waals surface area (Å²) < 4.78 is 0. The Morgan fingerprint density at radius 1 is 1.05 bits per heavy atom. The predicted molar refractivity (Wildman–Crippen MR) is 78.0 cm³/mol. The molecule has 0 saturated heterocycles. The standard InChI is InChI=1S/C15H11Cl2NO/c16-12-6-5-9(8-13(12)17)7-11-10-3-1-2-4-14(10)18-15(11)19/h1-6,8,11H,7H2,(H,18,19)/t11-/m0/s1. The van der Waals surface area contributed by atoms with Crippen LogP contribution in [0.2, 0.25) is 10.0 Å². The third-order valence-electron chi connectivity index (χ3n) is 3.33. The number of carbonyl (C=O) groups is 1. The van der Waals surface area contributed by atoms with Crippen molar-refractivity contribution in [1.29, 1.82) is 0 Å². The molecule has 2 nitrogen and oxygen atoms in total. The Morgan fingerprint density at radius 2 is 1.84 bits per heavy atom. The molecule has 19 heavy (non-hydrogen) atoms. The van der Waals surface area contributed by atoms with Gasteiger partial charge in [0.1, 0.15) is 0 Å². The van der Waals surface area contributed by atoms with Gasteiger partial charge < -0.3 is 5.32 Å². The van der Waals surface area contributed by atoms with Gasteiger partial charge in [-0.05, 0) is 35.7 Å². The van der Waals surface area contributed by atoms with E-state index in [1.807, 2.05) is 36.4 Å². The Labute approximate surface area is 121 Å². The van der Waals surface area contributed by atoms with Gasteiger partial charge >= 0.3 is 0 Å². The van der Waals surface area contributed by atoms with Crippen LogP contribution in [0.3, 0.4) is 0 Å². The zero-order valence-corrected chi connectivity index (χ0v) is 11.5. The molecule has 0 radical (unpaired) electrons. The van der Waals surface area contributed by atoms with E-state index in [1.165, 1.54) is 0 Å². The van der Waals surface area contributed by atoms with Crippen molar-refractivity contribution in [3.63, 3.8) is 0 Å². The van der Waals surface area contributed by atoms with Gasteiger partial charge in [0.05, 0.1) is 16.0 Å². The lowest BCUT2D eigenvalue weighted by Crippen LogP contribution is -2.14. The molecule has 1 atom stereocenters. The second-order valence-corrected chi connectivity index (χ2v) is 5.40. The van der Waals surface area contributed by atoms with Crippen LogP contribution in [0, 0.1) is 0 Å². The lowest BCUT2D eigenvalue weighted by atomic mass is 9.93. The SMILES string of the molecule is O=C1Nc2ccccc2[C@@H]1Cc1ccc(Cl)c(Cl)c1. The van der Waals surface area contributed by atoms with Crippen molar-refractivity contribution in [2.45, 2.75) is 12.3 Å². The van der Waals surface area contributed by atoms with E-state index < -0.39 is 0 Å². The van der Waals surface area contributed by atoms with E-state index in [9.17, 15) is 4.79 Å². The summed E-state index contributed by atoms with van der Waals surface area (Å²) in [5.74, 6) is -0.124. The number of anilines is 1. The largest absolute Gasteiger partial charge is 0.325 e. The Hall–Kier alpha value is -1.51. The van der Waals surface area contributed by atoms with Crippen molar-refractivity contribution in [3.05, 3.63) is 63.6 Å². The molecule has 0 fully saturated rings. The van der Waals surface area contributed by atoms with Crippen LogP contribution in [-0.4, -0.2) is 5.91 Å². The lowest BCUT2D eigenvalue weighted by Gasteiger charge is -2.09. The van der Waals surface area contributed by atoms with Crippen LogP contribution < -0.4 is 5.32 Å². The van der Waals surface area contributed by atoms with Crippen molar-refractivity contribution in [2.24, 2.45) is 0 Å². The highest BCUT2D eigenvalue weighted by Gasteiger charge is 2.30. The van der Waals surface area contributed by atoms with Crippen LogP contribution in [0.1, 0.15) is 17.0 Å². The Bertz CT molecular complexity index is 654. The number of rotatable bonds is 2. The van der Waals surface area contributed by atoms with E-state index in [2.05, 4.69) is 5.32 Å². The topological polar surface area (TPSA) is 29.1 Å². The molecule has 4 heteroatoms. The van der Waals surface area contributed by atoms with Gasteiger partial charge in [-0.2, -0.15) is 0 Å². The molecule has 1 aliphatic heterocycles. The predicted octanol–water partition coefficient (Wildman–Crippen LogP) is 4.27. The molecule has 0 aliphatic carbocycles. The summed E-state index contributed by atoms with van der Waals surface area (Å²) in [7, 11) is 0. The van der Waals surface area contributed by atoms with Gasteiger partial charge in [0.25, 0.3) is 0 Å². The van der Waals surface area contributed by atoms with Gasteiger partial charge in [-0.25, -0.2) is 0 Å². The number of amides is 1. The Kier molecular flexibility index (Phi) is 3.21. The molecular weight excluding hydrogens is 281 g/mol. The fraction of sp³-hybridized carbons (Fsp3) is 0.133. The smallest absolute Gasteiger partial charge is 0.232 e. The van der Waals surface area contributed by atoms with Crippen LogP contribution >= 0.6 is 23.2 Å². The second kappa shape index (κ2) is 4.87. The average Bonchev–Trinajstić information content (AvgIpc) is 2.71. The average molecular weight is 292 g/mol. The minimum atomic E-state index is -0.159. The number of hydrogen-bond donors (Lipinski definition) is 1. The highest BCUT2D eigenvalue weighted by Crippen LogP contribution is 2.35. The zero-order chi connectivity index (χ0) is 13.4.